The van der Waals surface area contributed by atoms with Crippen molar-refractivity contribution < 1.29 is 29.0 Å². The number of Topliss-reactive ketones (excluding diaryl/α,β-unsaturated/α-hetero) is 1. The Kier molecular flexibility index (Phi) is 6.18. The summed E-state index contributed by atoms with van der Waals surface area (Å²) in [5.41, 5.74) is 0.0186. The molecule has 1 aromatic carbocycles. The molecule has 0 aliphatic heterocycles. The molecule has 0 unspecified atom stereocenters. The van der Waals surface area contributed by atoms with Crippen molar-refractivity contribution in [3.63, 3.8) is 0 Å². The topological polar surface area (TPSA) is 89.9 Å². The van der Waals surface area contributed by atoms with Gasteiger partial charge in [0.25, 0.3) is 0 Å². The highest BCUT2D eigenvalue weighted by molar-refractivity contribution is 6.02. The molecular formula is C20H26O6. The summed E-state index contributed by atoms with van der Waals surface area (Å²) in [6.07, 6.45) is -0.303. The van der Waals surface area contributed by atoms with Crippen LogP contribution in [-0.2, 0) is 23.9 Å². The fourth-order valence-corrected chi connectivity index (χ4v) is 3.67. The zero-order valence-corrected chi connectivity index (χ0v) is 15.7. The highest BCUT2D eigenvalue weighted by Crippen LogP contribution is 2.46. The molecule has 6 nitrogen and oxygen atoms in total. The zero-order chi connectivity index (χ0) is 19.5. The number of carbonyl (C=O) groups is 3. The monoisotopic (exact) mass is 362 g/mol. The summed E-state index contributed by atoms with van der Waals surface area (Å²) in [6.45, 7) is 6.95. The van der Waals surface area contributed by atoms with Crippen molar-refractivity contribution in [1.82, 2.24) is 0 Å². The van der Waals surface area contributed by atoms with E-state index in [0.717, 1.165) is 5.56 Å². The third kappa shape index (κ3) is 3.96. The first-order valence-corrected chi connectivity index (χ1v) is 8.87. The van der Waals surface area contributed by atoms with Crippen LogP contribution in [0.1, 0.15) is 44.2 Å². The Balaban J connectivity index is 2.59. The van der Waals surface area contributed by atoms with Crippen LogP contribution >= 0.6 is 0 Å². The van der Waals surface area contributed by atoms with Crippen molar-refractivity contribution in [2.24, 2.45) is 11.8 Å². The van der Waals surface area contributed by atoms with Crippen LogP contribution in [-0.4, -0.2) is 41.6 Å². The molecule has 1 N–H and O–H groups in total. The predicted octanol–water partition coefficient (Wildman–Crippen LogP) is 2.16. The van der Waals surface area contributed by atoms with Crippen molar-refractivity contribution in [2.45, 2.75) is 45.6 Å². The minimum Gasteiger partial charge on any atom is -0.466 e. The van der Waals surface area contributed by atoms with E-state index in [2.05, 4.69) is 0 Å². The summed E-state index contributed by atoms with van der Waals surface area (Å²) in [5, 5.41) is 10.8. The number of esters is 2. The van der Waals surface area contributed by atoms with E-state index in [-0.39, 0.29) is 19.6 Å². The van der Waals surface area contributed by atoms with Gasteiger partial charge in [0, 0.05) is 12.3 Å². The van der Waals surface area contributed by atoms with Gasteiger partial charge in [0.2, 0.25) is 0 Å². The van der Waals surface area contributed by atoms with Gasteiger partial charge >= 0.3 is 11.9 Å². The van der Waals surface area contributed by atoms with E-state index in [1.807, 2.05) is 19.1 Å². The molecule has 0 bridgehead atoms. The number of hydrogen-bond acceptors (Lipinski definition) is 6. The Morgan fingerprint density at radius 3 is 2.19 bits per heavy atom. The summed E-state index contributed by atoms with van der Waals surface area (Å²) in [7, 11) is 0. The largest absolute Gasteiger partial charge is 0.466 e. The van der Waals surface area contributed by atoms with Crippen molar-refractivity contribution >= 4 is 17.7 Å². The fraction of sp³-hybridized carbons (Fsp3) is 0.550. The van der Waals surface area contributed by atoms with E-state index in [9.17, 15) is 19.5 Å². The third-order valence-electron chi connectivity index (χ3n) is 4.81. The van der Waals surface area contributed by atoms with E-state index in [0.29, 0.717) is 5.56 Å². The number of ether oxygens (including phenoxy) is 2. The Morgan fingerprint density at radius 2 is 1.65 bits per heavy atom. The predicted molar refractivity (Wildman–Crippen MR) is 94.4 cm³/mol. The van der Waals surface area contributed by atoms with Crippen molar-refractivity contribution in [2.75, 3.05) is 13.2 Å². The summed E-state index contributed by atoms with van der Waals surface area (Å²) < 4.78 is 10.2. The molecule has 0 amide bonds. The average molecular weight is 362 g/mol. The van der Waals surface area contributed by atoms with Crippen LogP contribution in [0, 0.1) is 18.8 Å². The molecule has 1 aliphatic rings. The van der Waals surface area contributed by atoms with Gasteiger partial charge in [-0.05, 0) is 33.3 Å². The maximum absolute atomic E-state index is 12.7. The van der Waals surface area contributed by atoms with Crippen LogP contribution < -0.4 is 0 Å². The van der Waals surface area contributed by atoms with E-state index < -0.39 is 41.1 Å². The fourth-order valence-electron chi connectivity index (χ4n) is 3.67. The minimum absolute atomic E-state index is 0.129. The molecule has 0 heterocycles. The molecule has 0 saturated heterocycles. The molecule has 6 heteroatoms. The Bertz CT molecular complexity index is 676. The molecule has 0 radical (unpaired) electrons. The number of hydrogen-bond donors (Lipinski definition) is 1. The maximum atomic E-state index is 12.7. The molecule has 0 spiro atoms. The van der Waals surface area contributed by atoms with Crippen LogP contribution in [0.2, 0.25) is 0 Å². The van der Waals surface area contributed by atoms with Crippen molar-refractivity contribution in [3.05, 3.63) is 35.4 Å². The quantitative estimate of drug-likeness (QED) is 0.638. The van der Waals surface area contributed by atoms with Gasteiger partial charge in [-0.1, -0.05) is 29.8 Å². The minimum atomic E-state index is -1.61. The first kappa shape index (κ1) is 20.1. The lowest BCUT2D eigenvalue weighted by Crippen LogP contribution is -2.55. The number of carbonyl (C=O) groups excluding carboxylic acids is 3. The first-order valence-electron chi connectivity index (χ1n) is 8.87. The summed E-state index contributed by atoms with van der Waals surface area (Å²) in [6, 6.07) is 7.22. The standard InChI is InChI=1S/C20H26O6/c1-5-25-18(22)16-14(21)11-20(4,24)17(19(23)26-6-2)15(16)13-9-7-12(3)8-10-13/h7-10,15-17,24H,5-6,11H2,1-4H3/t15-,16-,17+,20-/m1/s1. The second kappa shape index (κ2) is 7.99. The van der Waals surface area contributed by atoms with E-state index in [1.54, 1.807) is 26.0 Å². The summed E-state index contributed by atoms with van der Waals surface area (Å²) in [5.74, 6) is -4.76. The maximum Gasteiger partial charge on any atom is 0.317 e. The van der Waals surface area contributed by atoms with Crippen LogP contribution in [0.4, 0.5) is 0 Å². The number of aryl methyl sites for hydroxylation is 1. The van der Waals surface area contributed by atoms with Gasteiger partial charge in [-0.2, -0.15) is 0 Å². The molecule has 2 rings (SSSR count). The second-order valence-electron chi connectivity index (χ2n) is 6.90. The van der Waals surface area contributed by atoms with Crippen LogP contribution in [0.5, 0.6) is 0 Å². The SMILES string of the molecule is CCOC(=O)[C@@H]1C(=O)C[C@@](C)(O)[C@H](C(=O)OCC)[C@@H]1c1ccc(C)cc1. The highest BCUT2D eigenvalue weighted by Gasteiger charge is 2.57. The number of rotatable bonds is 5. The lowest BCUT2D eigenvalue weighted by atomic mass is 9.61. The molecule has 4 atom stereocenters. The first-order chi connectivity index (χ1) is 12.2. The van der Waals surface area contributed by atoms with Crippen molar-refractivity contribution in [3.8, 4) is 0 Å². The zero-order valence-electron chi connectivity index (χ0n) is 15.7. The molecule has 1 aromatic rings. The highest BCUT2D eigenvalue weighted by atomic mass is 16.5. The van der Waals surface area contributed by atoms with Crippen molar-refractivity contribution in [1.29, 1.82) is 0 Å². The Morgan fingerprint density at radius 1 is 1.12 bits per heavy atom. The molecule has 1 fully saturated rings. The lowest BCUT2D eigenvalue weighted by molar-refractivity contribution is -0.172. The van der Waals surface area contributed by atoms with E-state index in [4.69, 9.17) is 9.47 Å². The Hall–Kier alpha value is -2.21. The van der Waals surface area contributed by atoms with Crippen LogP contribution in [0.25, 0.3) is 0 Å². The van der Waals surface area contributed by atoms with E-state index >= 15 is 0 Å². The van der Waals surface area contributed by atoms with Gasteiger partial charge in [-0.25, -0.2) is 0 Å². The molecule has 0 aromatic heterocycles. The van der Waals surface area contributed by atoms with Gasteiger partial charge < -0.3 is 14.6 Å². The number of ketones is 1. The number of aliphatic hydroxyl groups is 1. The smallest absolute Gasteiger partial charge is 0.317 e. The lowest BCUT2D eigenvalue weighted by Gasteiger charge is -2.43. The molecule has 142 valence electrons. The average Bonchev–Trinajstić information content (AvgIpc) is 2.54. The summed E-state index contributed by atoms with van der Waals surface area (Å²) in [4.78, 5) is 37.9. The van der Waals surface area contributed by atoms with Crippen LogP contribution in [0.15, 0.2) is 24.3 Å². The Labute approximate surface area is 153 Å². The van der Waals surface area contributed by atoms with Crippen LogP contribution in [0.3, 0.4) is 0 Å². The van der Waals surface area contributed by atoms with Gasteiger partial charge in [-0.3, -0.25) is 14.4 Å². The van der Waals surface area contributed by atoms with E-state index in [1.165, 1.54) is 6.92 Å². The van der Waals surface area contributed by atoms with Gasteiger partial charge in [0.1, 0.15) is 5.92 Å². The van der Waals surface area contributed by atoms with Gasteiger partial charge in [0.15, 0.2) is 5.78 Å². The second-order valence-corrected chi connectivity index (χ2v) is 6.90. The van der Waals surface area contributed by atoms with Gasteiger partial charge in [0.05, 0.1) is 24.7 Å². The summed E-state index contributed by atoms with van der Waals surface area (Å²) >= 11 is 0. The molecule has 26 heavy (non-hydrogen) atoms. The number of benzene rings is 1. The molecular weight excluding hydrogens is 336 g/mol. The third-order valence-corrected chi connectivity index (χ3v) is 4.81. The molecule has 1 saturated carbocycles. The molecule has 1 aliphatic carbocycles. The van der Waals surface area contributed by atoms with Gasteiger partial charge in [-0.15, -0.1) is 0 Å². The normalized spacial score (nSPS) is 28.5.